The van der Waals surface area contributed by atoms with Crippen molar-refractivity contribution >= 4 is 11.6 Å². The minimum absolute atomic E-state index is 0.0943. The minimum Gasteiger partial charge on any atom is -0.494 e. The molecule has 130 valence electrons. The maximum absolute atomic E-state index is 12.7. The van der Waals surface area contributed by atoms with Crippen molar-refractivity contribution in [2.75, 3.05) is 18.5 Å². The third-order valence-corrected chi connectivity index (χ3v) is 3.64. The average Bonchev–Trinajstić information content (AvgIpc) is 2.47. The van der Waals surface area contributed by atoms with Crippen molar-refractivity contribution in [1.29, 1.82) is 0 Å². The number of ether oxygens (including phenoxy) is 2. The van der Waals surface area contributed by atoms with Gasteiger partial charge in [0.1, 0.15) is 11.4 Å². The zero-order chi connectivity index (χ0) is 17.5. The van der Waals surface area contributed by atoms with E-state index in [1.807, 2.05) is 45.9 Å². The Morgan fingerprint density at radius 3 is 2.52 bits per heavy atom. The Bertz CT molecular complexity index is 513. The molecule has 1 aromatic rings. The number of anilines is 1. The zero-order valence-electron chi connectivity index (χ0n) is 15.4. The predicted octanol–water partition coefficient (Wildman–Crippen LogP) is 4.56. The Kier molecular flexibility index (Phi) is 7.56. The van der Waals surface area contributed by atoms with Crippen molar-refractivity contribution in [2.45, 2.75) is 60.0 Å². The van der Waals surface area contributed by atoms with Gasteiger partial charge in [0.15, 0.2) is 0 Å². The number of carbonyl (C=O) groups is 1. The summed E-state index contributed by atoms with van der Waals surface area (Å²) in [6, 6.07) is 5.69. The Hall–Kier alpha value is -1.55. The maximum atomic E-state index is 12.7. The zero-order valence-corrected chi connectivity index (χ0v) is 15.4. The maximum Gasteiger partial charge on any atom is 0.256 e. The molecule has 0 spiro atoms. The van der Waals surface area contributed by atoms with E-state index in [2.05, 4.69) is 19.2 Å². The molecule has 0 aliphatic rings. The fraction of sp³-hybridized carbons (Fsp3) is 0.632. The van der Waals surface area contributed by atoms with E-state index < -0.39 is 5.60 Å². The fourth-order valence-electron chi connectivity index (χ4n) is 2.63. The Labute approximate surface area is 140 Å². The third kappa shape index (κ3) is 5.87. The molecular formula is C19H31NO3. The summed E-state index contributed by atoms with van der Waals surface area (Å²) in [6.07, 6.45) is 1.58. The Morgan fingerprint density at radius 1 is 1.30 bits per heavy atom. The van der Waals surface area contributed by atoms with E-state index in [4.69, 9.17) is 9.47 Å². The van der Waals surface area contributed by atoms with Crippen LogP contribution in [0.5, 0.6) is 5.75 Å². The molecule has 1 aromatic carbocycles. The van der Waals surface area contributed by atoms with Crippen LogP contribution < -0.4 is 10.1 Å². The summed E-state index contributed by atoms with van der Waals surface area (Å²) in [5.74, 6) is 1.13. The molecule has 0 saturated carbocycles. The lowest BCUT2D eigenvalue weighted by Gasteiger charge is -2.30. The van der Waals surface area contributed by atoms with Gasteiger partial charge in [0, 0.05) is 12.3 Å². The van der Waals surface area contributed by atoms with Crippen LogP contribution in [-0.4, -0.2) is 24.7 Å². The van der Waals surface area contributed by atoms with Gasteiger partial charge in [-0.3, -0.25) is 4.79 Å². The normalized spacial score (nSPS) is 13.7. The van der Waals surface area contributed by atoms with Crippen LogP contribution in [0.15, 0.2) is 18.2 Å². The number of amides is 1. The highest BCUT2D eigenvalue weighted by atomic mass is 16.5. The molecule has 0 aliphatic carbocycles. The first-order valence-electron chi connectivity index (χ1n) is 8.51. The number of carbonyl (C=O) groups excluding carboxylic acids is 1. The molecule has 0 aliphatic heterocycles. The molecule has 1 atom stereocenters. The van der Waals surface area contributed by atoms with Crippen LogP contribution in [-0.2, 0) is 9.53 Å². The van der Waals surface area contributed by atoms with Crippen LogP contribution in [0, 0.1) is 12.8 Å². The van der Waals surface area contributed by atoms with Crippen LogP contribution in [0.3, 0.4) is 0 Å². The van der Waals surface area contributed by atoms with Crippen molar-refractivity contribution in [3.05, 3.63) is 23.8 Å². The van der Waals surface area contributed by atoms with Crippen molar-refractivity contribution in [1.82, 2.24) is 0 Å². The first-order valence-corrected chi connectivity index (χ1v) is 8.51. The predicted molar refractivity (Wildman–Crippen MR) is 95.1 cm³/mol. The van der Waals surface area contributed by atoms with Crippen LogP contribution in [0.2, 0.25) is 0 Å². The number of hydrogen-bond donors (Lipinski definition) is 1. The van der Waals surface area contributed by atoms with Crippen molar-refractivity contribution in [3.8, 4) is 5.75 Å². The van der Waals surface area contributed by atoms with Gasteiger partial charge in [-0.15, -0.1) is 0 Å². The molecule has 4 nitrogen and oxygen atoms in total. The van der Waals surface area contributed by atoms with E-state index in [9.17, 15) is 4.79 Å². The molecule has 1 unspecified atom stereocenters. The van der Waals surface area contributed by atoms with E-state index in [1.54, 1.807) is 0 Å². The number of aryl methyl sites for hydroxylation is 1. The SMILES string of the molecule is CCCOC(C)(CC(C)C)C(=O)Nc1ccc(OCC)c(C)c1. The number of rotatable bonds is 9. The first kappa shape index (κ1) is 19.5. The highest BCUT2D eigenvalue weighted by Gasteiger charge is 2.35. The Morgan fingerprint density at radius 2 is 2.00 bits per heavy atom. The Balaban J connectivity index is 2.87. The second-order valence-electron chi connectivity index (χ2n) is 6.54. The van der Waals surface area contributed by atoms with E-state index >= 15 is 0 Å². The van der Waals surface area contributed by atoms with Gasteiger partial charge in [-0.1, -0.05) is 20.8 Å². The van der Waals surface area contributed by atoms with Gasteiger partial charge in [-0.2, -0.15) is 0 Å². The third-order valence-electron chi connectivity index (χ3n) is 3.64. The number of hydrogen-bond acceptors (Lipinski definition) is 3. The molecule has 0 bridgehead atoms. The number of benzene rings is 1. The lowest BCUT2D eigenvalue weighted by molar-refractivity contribution is -0.141. The molecule has 0 aromatic heterocycles. The molecule has 1 amide bonds. The summed E-state index contributed by atoms with van der Waals surface area (Å²) in [4.78, 5) is 12.7. The minimum atomic E-state index is -0.809. The summed E-state index contributed by atoms with van der Waals surface area (Å²) in [7, 11) is 0. The molecule has 1 N–H and O–H groups in total. The monoisotopic (exact) mass is 321 g/mol. The first-order chi connectivity index (χ1) is 10.8. The van der Waals surface area contributed by atoms with E-state index in [0.717, 1.165) is 23.4 Å². The van der Waals surface area contributed by atoms with Crippen LogP contribution in [0.4, 0.5) is 5.69 Å². The number of nitrogens with one attached hydrogen (secondary N) is 1. The topological polar surface area (TPSA) is 47.6 Å². The second kappa shape index (κ2) is 8.92. The lowest BCUT2D eigenvalue weighted by Crippen LogP contribution is -2.44. The molecule has 0 heterocycles. The summed E-state index contributed by atoms with van der Waals surface area (Å²) >= 11 is 0. The second-order valence-corrected chi connectivity index (χ2v) is 6.54. The summed E-state index contributed by atoms with van der Waals surface area (Å²) in [6.45, 7) is 13.3. The van der Waals surface area contributed by atoms with Gasteiger partial charge >= 0.3 is 0 Å². The van der Waals surface area contributed by atoms with Crippen LogP contribution in [0.1, 0.15) is 53.0 Å². The lowest BCUT2D eigenvalue weighted by atomic mass is 9.93. The van der Waals surface area contributed by atoms with E-state index in [-0.39, 0.29) is 5.91 Å². The average molecular weight is 321 g/mol. The summed E-state index contributed by atoms with van der Waals surface area (Å²) < 4.78 is 11.4. The highest BCUT2D eigenvalue weighted by Crippen LogP contribution is 2.26. The van der Waals surface area contributed by atoms with Gasteiger partial charge in [-0.05, 0) is 63.3 Å². The van der Waals surface area contributed by atoms with Crippen LogP contribution >= 0.6 is 0 Å². The van der Waals surface area contributed by atoms with E-state index in [0.29, 0.717) is 25.6 Å². The summed E-state index contributed by atoms with van der Waals surface area (Å²) in [5.41, 5.74) is 0.965. The highest BCUT2D eigenvalue weighted by molar-refractivity contribution is 5.97. The van der Waals surface area contributed by atoms with E-state index in [1.165, 1.54) is 0 Å². The largest absolute Gasteiger partial charge is 0.494 e. The van der Waals surface area contributed by atoms with Crippen molar-refractivity contribution in [2.24, 2.45) is 5.92 Å². The summed E-state index contributed by atoms with van der Waals surface area (Å²) in [5, 5.41) is 2.99. The smallest absolute Gasteiger partial charge is 0.256 e. The molecule has 0 radical (unpaired) electrons. The van der Waals surface area contributed by atoms with Crippen LogP contribution in [0.25, 0.3) is 0 Å². The van der Waals surface area contributed by atoms with Crippen molar-refractivity contribution in [3.63, 3.8) is 0 Å². The molecule has 1 rings (SSSR count). The van der Waals surface area contributed by atoms with Gasteiger partial charge < -0.3 is 14.8 Å². The molecular weight excluding hydrogens is 290 g/mol. The molecule has 0 fully saturated rings. The van der Waals surface area contributed by atoms with Gasteiger partial charge in [0.2, 0.25) is 0 Å². The standard InChI is InChI=1S/C19H31NO3/c1-7-11-23-19(6,13-14(3)4)18(21)20-16-9-10-17(22-8-2)15(5)12-16/h9-10,12,14H,7-8,11,13H2,1-6H3,(H,20,21). The van der Waals surface area contributed by atoms with Gasteiger partial charge in [0.05, 0.1) is 6.61 Å². The molecule has 0 saturated heterocycles. The fourth-order valence-corrected chi connectivity index (χ4v) is 2.63. The molecule has 4 heteroatoms. The van der Waals surface area contributed by atoms with Crippen molar-refractivity contribution < 1.29 is 14.3 Å². The molecule has 23 heavy (non-hydrogen) atoms. The van der Waals surface area contributed by atoms with Gasteiger partial charge in [-0.25, -0.2) is 0 Å². The van der Waals surface area contributed by atoms with Gasteiger partial charge in [0.25, 0.3) is 5.91 Å². The quantitative estimate of drug-likeness (QED) is 0.725.